The van der Waals surface area contributed by atoms with E-state index in [-0.39, 0.29) is 5.75 Å². The van der Waals surface area contributed by atoms with Crippen molar-refractivity contribution in [2.45, 2.75) is 44.1 Å². The molecule has 0 bridgehead atoms. The smallest absolute Gasteiger partial charge is 0.147 e. The third kappa shape index (κ3) is 3.68. The van der Waals surface area contributed by atoms with Crippen LogP contribution in [0.4, 0.5) is 0 Å². The van der Waals surface area contributed by atoms with E-state index in [4.69, 9.17) is 0 Å². The van der Waals surface area contributed by atoms with Gasteiger partial charge in [0.05, 0.1) is 11.4 Å². The van der Waals surface area contributed by atoms with Crippen LogP contribution in [0.15, 0.2) is 0 Å². The van der Waals surface area contributed by atoms with Gasteiger partial charge in [0.1, 0.15) is 9.84 Å². The lowest BCUT2D eigenvalue weighted by atomic mass is 9.71. The molecule has 2 fully saturated rings. The largest absolute Gasteiger partial charge is 0.390 e. The molecule has 0 spiro atoms. The first kappa shape index (κ1) is 14.3. The van der Waals surface area contributed by atoms with E-state index in [1.807, 2.05) is 0 Å². The fourth-order valence-electron chi connectivity index (χ4n) is 3.39. The molecule has 2 unspecified atom stereocenters. The third-order valence-corrected chi connectivity index (χ3v) is 5.53. The monoisotopic (exact) mass is 275 g/mol. The molecule has 0 radical (unpaired) electrons. The zero-order chi connectivity index (χ0) is 13.2. The van der Waals surface area contributed by atoms with E-state index in [2.05, 4.69) is 4.90 Å². The normalized spacial score (nSPS) is 34.2. The van der Waals surface area contributed by atoms with Gasteiger partial charge in [0.2, 0.25) is 0 Å². The molecule has 5 heteroatoms. The number of rotatable bonds is 4. The summed E-state index contributed by atoms with van der Waals surface area (Å²) in [6.07, 6.45) is 7.32. The van der Waals surface area contributed by atoms with Gasteiger partial charge in [0.15, 0.2) is 0 Å². The Kier molecular flexibility index (Phi) is 4.34. The van der Waals surface area contributed by atoms with Gasteiger partial charge in [-0.1, -0.05) is 12.8 Å². The van der Waals surface area contributed by atoms with Crippen LogP contribution >= 0.6 is 0 Å². The Labute approximate surface area is 110 Å². The van der Waals surface area contributed by atoms with Crippen molar-refractivity contribution in [2.75, 3.05) is 31.6 Å². The summed E-state index contributed by atoms with van der Waals surface area (Å²) in [6.45, 7) is 2.71. The third-order valence-electron chi connectivity index (χ3n) is 4.50. The van der Waals surface area contributed by atoms with Crippen LogP contribution in [0.5, 0.6) is 0 Å². The maximum Gasteiger partial charge on any atom is 0.147 e. The van der Waals surface area contributed by atoms with Crippen LogP contribution in [0.1, 0.15) is 38.5 Å². The summed E-state index contributed by atoms with van der Waals surface area (Å²) in [5.41, 5.74) is -0.425. The summed E-state index contributed by atoms with van der Waals surface area (Å²) in [5.74, 6) is 0.677. The van der Waals surface area contributed by atoms with E-state index in [9.17, 15) is 13.5 Å². The molecule has 0 aromatic rings. The summed E-state index contributed by atoms with van der Waals surface area (Å²) in [7, 11) is -2.84. The molecule has 2 aliphatic rings. The number of hydrogen-bond donors (Lipinski definition) is 1. The maximum absolute atomic E-state index is 11.1. The van der Waals surface area contributed by atoms with Crippen molar-refractivity contribution in [3.8, 4) is 0 Å². The standard InChI is InChI=1S/C13H25NO3S/c1-18(16,17)10-4-8-14-9-7-13(15)6-3-2-5-12(13)11-14/h12,15H,2-11H2,1H3. The second kappa shape index (κ2) is 5.47. The van der Waals surface area contributed by atoms with E-state index in [1.165, 1.54) is 12.7 Å². The van der Waals surface area contributed by atoms with Crippen LogP contribution in [0.2, 0.25) is 0 Å². The minimum atomic E-state index is -2.84. The van der Waals surface area contributed by atoms with Gasteiger partial charge >= 0.3 is 0 Å². The molecule has 1 heterocycles. The Morgan fingerprint density at radius 2 is 2.11 bits per heavy atom. The minimum absolute atomic E-state index is 0.276. The topological polar surface area (TPSA) is 57.6 Å². The van der Waals surface area contributed by atoms with Gasteiger partial charge in [0.25, 0.3) is 0 Å². The SMILES string of the molecule is CS(=O)(=O)CCCN1CCC2(O)CCCCC2C1. The van der Waals surface area contributed by atoms with E-state index < -0.39 is 15.4 Å². The quantitative estimate of drug-likeness (QED) is 0.833. The Bertz CT molecular complexity index is 382. The van der Waals surface area contributed by atoms with Crippen LogP contribution in [-0.2, 0) is 9.84 Å². The summed E-state index contributed by atoms with van der Waals surface area (Å²) in [4.78, 5) is 2.33. The maximum atomic E-state index is 11.1. The Balaban J connectivity index is 1.80. The zero-order valence-electron chi connectivity index (χ0n) is 11.3. The molecule has 1 saturated heterocycles. The molecule has 1 saturated carbocycles. The highest BCUT2D eigenvalue weighted by atomic mass is 32.2. The highest BCUT2D eigenvalue weighted by Crippen LogP contribution is 2.39. The van der Waals surface area contributed by atoms with Crippen LogP contribution in [0.3, 0.4) is 0 Å². The van der Waals surface area contributed by atoms with Gasteiger partial charge in [-0.05, 0) is 32.2 Å². The van der Waals surface area contributed by atoms with Crippen molar-refractivity contribution < 1.29 is 13.5 Å². The first-order chi connectivity index (χ1) is 8.39. The molecule has 18 heavy (non-hydrogen) atoms. The predicted molar refractivity (Wildman–Crippen MR) is 72.3 cm³/mol. The fourth-order valence-corrected chi connectivity index (χ4v) is 4.05. The highest BCUT2D eigenvalue weighted by Gasteiger charge is 2.42. The van der Waals surface area contributed by atoms with E-state index in [0.29, 0.717) is 12.3 Å². The van der Waals surface area contributed by atoms with Gasteiger partial charge in [-0.25, -0.2) is 8.42 Å². The van der Waals surface area contributed by atoms with E-state index in [0.717, 1.165) is 45.3 Å². The minimum Gasteiger partial charge on any atom is -0.390 e. The lowest BCUT2D eigenvalue weighted by molar-refractivity contribution is -0.0951. The Morgan fingerprint density at radius 1 is 1.33 bits per heavy atom. The molecule has 4 nitrogen and oxygen atoms in total. The van der Waals surface area contributed by atoms with Crippen molar-refractivity contribution in [3.63, 3.8) is 0 Å². The van der Waals surface area contributed by atoms with Gasteiger partial charge < -0.3 is 10.0 Å². The second-order valence-electron chi connectivity index (χ2n) is 6.08. The predicted octanol–water partition coefficient (Wildman–Crippen LogP) is 1.05. The van der Waals surface area contributed by atoms with Crippen molar-refractivity contribution >= 4 is 9.84 Å². The van der Waals surface area contributed by atoms with Crippen LogP contribution in [0, 0.1) is 5.92 Å². The van der Waals surface area contributed by atoms with Crippen molar-refractivity contribution in [1.82, 2.24) is 4.90 Å². The van der Waals surface area contributed by atoms with Crippen LogP contribution in [0.25, 0.3) is 0 Å². The molecule has 0 amide bonds. The number of sulfone groups is 1. The second-order valence-corrected chi connectivity index (χ2v) is 8.34. The van der Waals surface area contributed by atoms with Gasteiger partial charge in [0, 0.05) is 25.3 Å². The summed E-state index contributed by atoms with van der Waals surface area (Å²) in [6, 6.07) is 0. The molecule has 106 valence electrons. The first-order valence-corrected chi connectivity index (χ1v) is 9.08. The van der Waals surface area contributed by atoms with Crippen molar-refractivity contribution in [1.29, 1.82) is 0 Å². The fraction of sp³-hybridized carbons (Fsp3) is 1.00. The molecule has 1 N–H and O–H groups in total. The zero-order valence-corrected chi connectivity index (χ0v) is 12.1. The number of nitrogens with zero attached hydrogens (tertiary/aromatic N) is 1. The first-order valence-electron chi connectivity index (χ1n) is 7.01. The average Bonchev–Trinajstić information content (AvgIpc) is 2.27. The lowest BCUT2D eigenvalue weighted by Gasteiger charge is -2.47. The molecule has 1 aliphatic heterocycles. The van der Waals surface area contributed by atoms with Gasteiger partial charge in [-0.3, -0.25) is 0 Å². The average molecular weight is 275 g/mol. The molecule has 1 aliphatic carbocycles. The molecular weight excluding hydrogens is 250 g/mol. The number of likely N-dealkylation sites (tertiary alicyclic amines) is 1. The van der Waals surface area contributed by atoms with E-state index in [1.54, 1.807) is 0 Å². The van der Waals surface area contributed by atoms with Crippen molar-refractivity contribution in [2.24, 2.45) is 5.92 Å². The number of aliphatic hydroxyl groups is 1. The van der Waals surface area contributed by atoms with E-state index >= 15 is 0 Å². The van der Waals surface area contributed by atoms with Crippen LogP contribution < -0.4 is 0 Å². The molecule has 2 rings (SSSR count). The summed E-state index contributed by atoms with van der Waals surface area (Å²) >= 11 is 0. The number of piperidine rings is 1. The van der Waals surface area contributed by atoms with Gasteiger partial charge in [-0.15, -0.1) is 0 Å². The summed E-state index contributed by atoms with van der Waals surface area (Å²) in [5, 5.41) is 10.5. The number of hydrogen-bond acceptors (Lipinski definition) is 4. The number of fused-ring (bicyclic) bond motifs is 1. The summed E-state index contributed by atoms with van der Waals surface area (Å²) < 4.78 is 22.2. The Hall–Kier alpha value is -0.130. The molecule has 2 atom stereocenters. The Morgan fingerprint density at radius 3 is 2.83 bits per heavy atom. The van der Waals surface area contributed by atoms with Gasteiger partial charge in [-0.2, -0.15) is 0 Å². The van der Waals surface area contributed by atoms with Crippen LogP contribution in [-0.4, -0.2) is 55.7 Å². The van der Waals surface area contributed by atoms with Crippen molar-refractivity contribution in [3.05, 3.63) is 0 Å². The lowest BCUT2D eigenvalue weighted by Crippen LogP contribution is -2.53. The molecule has 0 aromatic carbocycles. The molecular formula is C13H25NO3S. The molecule has 0 aromatic heterocycles. The highest BCUT2D eigenvalue weighted by molar-refractivity contribution is 7.90.